The minimum Gasteiger partial charge on any atom is -0.348 e. The number of nitrogens with one attached hydrogen (secondary N) is 2. The Morgan fingerprint density at radius 2 is 2.00 bits per heavy atom. The van der Waals surface area contributed by atoms with Crippen LogP contribution in [0, 0.1) is 0 Å². The highest BCUT2D eigenvalue weighted by molar-refractivity contribution is 7.91. The van der Waals surface area contributed by atoms with Crippen molar-refractivity contribution in [1.82, 2.24) is 10.6 Å². The molecule has 2 aliphatic heterocycles. The summed E-state index contributed by atoms with van der Waals surface area (Å²) in [4.78, 5) is 12.2. The predicted molar refractivity (Wildman–Crippen MR) is 65.5 cm³/mol. The van der Waals surface area contributed by atoms with Gasteiger partial charge in [-0.25, -0.2) is 8.42 Å². The smallest absolute Gasteiger partial charge is 0.240 e. The molecule has 1 amide bonds. The van der Waals surface area contributed by atoms with E-state index < -0.39 is 20.9 Å². The van der Waals surface area contributed by atoms with Gasteiger partial charge in [-0.1, -0.05) is 0 Å². The molecule has 2 N–H and O–H groups in total. The van der Waals surface area contributed by atoms with Gasteiger partial charge in [-0.15, -0.1) is 0 Å². The summed E-state index contributed by atoms with van der Waals surface area (Å²) in [5.74, 6) is 0.157. The number of hydrogen-bond acceptors (Lipinski definition) is 4. The molecule has 2 atom stereocenters. The summed E-state index contributed by atoms with van der Waals surface area (Å²) in [6, 6.07) is 0. The van der Waals surface area contributed by atoms with Crippen LogP contribution in [0.4, 0.5) is 0 Å². The average molecular weight is 260 g/mol. The van der Waals surface area contributed by atoms with Crippen LogP contribution in [-0.4, -0.2) is 43.5 Å². The summed E-state index contributed by atoms with van der Waals surface area (Å²) in [5, 5.41) is 6.10. The van der Waals surface area contributed by atoms with Crippen LogP contribution >= 0.6 is 0 Å². The summed E-state index contributed by atoms with van der Waals surface area (Å²) in [6.07, 6.45) is 2.30. The average Bonchev–Trinajstić information content (AvgIpc) is 2.72. The van der Waals surface area contributed by atoms with Gasteiger partial charge in [-0.2, -0.15) is 0 Å². The minimum atomic E-state index is -2.98. The molecule has 2 rings (SSSR count). The minimum absolute atomic E-state index is 0.0574. The third-order valence-electron chi connectivity index (χ3n) is 3.79. The molecule has 0 aromatic rings. The summed E-state index contributed by atoms with van der Waals surface area (Å²) in [6.45, 7) is 4.54. The molecule has 0 saturated carbocycles. The van der Waals surface area contributed by atoms with Crippen LogP contribution in [0.1, 0.15) is 33.1 Å². The lowest BCUT2D eigenvalue weighted by Gasteiger charge is -2.30. The number of sulfone groups is 1. The molecule has 0 aromatic heterocycles. The molecular formula is C11H20N2O3S. The number of rotatable bonds is 2. The molecule has 98 valence electrons. The molecule has 2 heterocycles. The molecule has 2 aliphatic rings. The quantitative estimate of drug-likeness (QED) is 0.722. The van der Waals surface area contributed by atoms with Gasteiger partial charge < -0.3 is 10.6 Å². The first-order valence-corrected chi connectivity index (χ1v) is 7.85. The fourth-order valence-electron chi connectivity index (χ4n) is 2.61. The third kappa shape index (κ3) is 2.63. The van der Waals surface area contributed by atoms with E-state index in [2.05, 4.69) is 10.6 Å². The molecule has 0 aromatic carbocycles. The van der Waals surface area contributed by atoms with Crippen molar-refractivity contribution in [3.8, 4) is 0 Å². The maximum absolute atomic E-state index is 12.2. The fraction of sp³-hybridized carbons (Fsp3) is 0.909. The van der Waals surface area contributed by atoms with Gasteiger partial charge in [0.05, 0.1) is 22.6 Å². The Kier molecular flexibility index (Phi) is 2.98. The zero-order chi connectivity index (χ0) is 12.7. The lowest BCUT2D eigenvalue weighted by molar-refractivity contribution is -0.128. The van der Waals surface area contributed by atoms with Crippen molar-refractivity contribution >= 4 is 15.7 Å². The maximum atomic E-state index is 12.2. The molecular weight excluding hydrogens is 240 g/mol. The van der Waals surface area contributed by atoms with Gasteiger partial charge in [0, 0.05) is 0 Å². The second-order valence-electron chi connectivity index (χ2n) is 5.72. The van der Waals surface area contributed by atoms with Crippen molar-refractivity contribution < 1.29 is 13.2 Å². The zero-order valence-corrected chi connectivity index (χ0v) is 11.2. The Morgan fingerprint density at radius 3 is 2.47 bits per heavy atom. The Hall–Kier alpha value is -0.620. The summed E-state index contributed by atoms with van der Waals surface area (Å²) in [7, 11) is -2.98. The lowest BCUT2D eigenvalue weighted by atomic mass is 9.95. The Labute approximate surface area is 102 Å². The first-order chi connectivity index (χ1) is 7.75. The second-order valence-corrected chi connectivity index (χ2v) is 7.90. The van der Waals surface area contributed by atoms with Gasteiger partial charge in [0.2, 0.25) is 5.91 Å². The van der Waals surface area contributed by atoms with E-state index in [0.717, 1.165) is 19.4 Å². The van der Waals surface area contributed by atoms with E-state index in [-0.39, 0.29) is 17.4 Å². The largest absolute Gasteiger partial charge is 0.348 e. The molecule has 0 bridgehead atoms. The van der Waals surface area contributed by atoms with Crippen LogP contribution in [0.15, 0.2) is 0 Å². The molecule has 2 fully saturated rings. The van der Waals surface area contributed by atoms with Crippen LogP contribution < -0.4 is 10.6 Å². The van der Waals surface area contributed by atoms with Gasteiger partial charge >= 0.3 is 0 Å². The highest BCUT2D eigenvalue weighted by Crippen LogP contribution is 2.25. The van der Waals surface area contributed by atoms with Gasteiger partial charge in [-0.05, 0) is 39.7 Å². The van der Waals surface area contributed by atoms with E-state index >= 15 is 0 Å². The standard InChI is InChI=1S/C11H20N2O3S/c1-10(5-7-17(15,16)8-10)13-9(14)11(2)4-3-6-12-11/h12H,3-8H2,1-2H3,(H,13,14). The van der Waals surface area contributed by atoms with Gasteiger partial charge in [0.15, 0.2) is 9.84 Å². The number of carbonyl (C=O) groups is 1. The third-order valence-corrected chi connectivity index (χ3v) is 5.69. The van der Waals surface area contributed by atoms with Crippen molar-refractivity contribution in [2.45, 2.75) is 44.2 Å². The van der Waals surface area contributed by atoms with Gasteiger partial charge in [0.1, 0.15) is 0 Å². The lowest BCUT2D eigenvalue weighted by Crippen LogP contribution is -2.58. The van der Waals surface area contributed by atoms with Gasteiger partial charge in [0.25, 0.3) is 0 Å². The second kappa shape index (κ2) is 3.95. The van der Waals surface area contributed by atoms with Crippen molar-refractivity contribution in [3.63, 3.8) is 0 Å². The van der Waals surface area contributed by atoms with Crippen LogP contribution in [-0.2, 0) is 14.6 Å². The fourth-order valence-corrected chi connectivity index (χ4v) is 4.70. The Bertz CT molecular complexity index is 426. The van der Waals surface area contributed by atoms with Crippen LogP contribution in [0.5, 0.6) is 0 Å². The van der Waals surface area contributed by atoms with Gasteiger partial charge in [-0.3, -0.25) is 4.79 Å². The van der Waals surface area contributed by atoms with E-state index in [9.17, 15) is 13.2 Å². The molecule has 0 spiro atoms. The summed E-state index contributed by atoms with van der Waals surface area (Å²) < 4.78 is 22.9. The molecule has 5 nitrogen and oxygen atoms in total. The van der Waals surface area contributed by atoms with Crippen LogP contribution in [0.2, 0.25) is 0 Å². The molecule has 17 heavy (non-hydrogen) atoms. The molecule has 2 unspecified atom stereocenters. The topological polar surface area (TPSA) is 75.3 Å². The van der Waals surface area contributed by atoms with Crippen molar-refractivity contribution in [1.29, 1.82) is 0 Å². The number of carbonyl (C=O) groups excluding carboxylic acids is 1. The normalized spacial score (nSPS) is 40.4. The number of amides is 1. The Balaban J connectivity index is 2.04. The van der Waals surface area contributed by atoms with Crippen LogP contribution in [0.3, 0.4) is 0 Å². The Morgan fingerprint density at radius 1 is 1.29 bits per heavy atom. The molecule has 6 heteroatoms. The highest BCUT2D eigenvalue weighted by atomic mass is 32.2. The summed E-state index contributed by atoms with van der Waals surface area (Å²) in [5.41, 5.74) is -1.13. The zero-order valence-electron chi connectivity index (χ0n) is 10.4. The van der Waals surface area contributed by atoms with E-state index in [1.165, 1.54) is 0 Å². The van der Waals surface area contributed by atoms with Crippen molar-refractivity contribution in [3.05, 3.63) is 0 Å². The predicted octanol–water partition coefficient (Wildman–Crippen LogP) is -0.178. The summed E-state index contributed by atoms with van der Waals surface area (Å²) >= 11 is 0. The molecule has 0 radical (unpaired) electrons. The van der Waals surface area contributed by atoms with E-state index in [0.29, 0.717) is 6.42 Å². The highest BCUT2D eigenvalue weighted by Gasteiger charge is 2.44. The van der Waals surface area contributed by atoms with Crippen molar-refractivity contribution in [2.75, 3.05) is 18.1 Å². The van der Waals surface area contributed by atoms with E-state index in [4.69, 9.17) is 0 Å². The first-order valence-electron chi connectivity index (χ1n) is 6.03. The van der Waals surface area contributed by atoms with Crippen LogP contribution in [0.25, 0.3) is 0 Å². The molecule has 0 aliphatic carbocycles. The van der Waals surface area contributed by atoms with E-state index in [1.807, 2.05) is 13.8 Å². The maximum Gasteiger partial charge on any atom is 0.240 e. The molecule has 2 saturated heterocycles. The SMILES string of the molecule is CC1(NC(=O)C2(C)CCCN2)CCS(=O)(=O)C1. The number of hydrogen-bond donors (Lipinski definition) is 2. The monoisotopic (exact) mass is 260 g/mol. The van der Waals surface area contributed by atoms with E-state index in [1.54, 1.807) is 0 Å². The first kappa shape index (κ1) is 12.8. The van der Waals surface area contributed by atoms with Crippen molar-refractivity contribution in [2.24, 2.45) is 0 Å².